The highest BCUT2D eigenvalue weighted by molar-refractivity contribution is 5.67. The third-order valence-corrected chi connectivity index (χ3v) is 4.82. The zero-order valence-electron chi connectivity index (χ0n) is 19.7. The van der Waals surface area contributed by atoms with Gasteiger partial charge in [-0.15, -0.1) is 5.06 Å². The minimum Gasteiger partial charge on any atom is -0.473 e. The predicted octanol–water partition coefficient (Wildman–Crippen LogP) is 4.37. The smallest absolute Gasteiger partial charge is 0.473 e. The topological polar surface area (TPSA) is 122 Å². The molecule has 34 heavy (non-hydrogen) atoms. The van der Waals surface area contributed by atoms with Gasteiger partial charge in [0.1, 0.15) is 24.3 Å². The molecule has 2 N–H and O–H groups in total. The van der Waals surface area contributed by atoms with Gasteiger partial charge in [-0.25, -0.2) is 19.2 Å². The van der Waals surface area contributed by atoms with Crippen molar-refractivity contribution in [3.63, 3.8) is 0 Å². The molecule has 0 aliphatic carbocycles. The fourth-order valence-corrected chi connectivity index (χ4v) is 3.34. The number of nitrogens with one attached hydrogen (secondary N) is 2. The van der Waals surface area contributed by atoms with Crippen LogP contribution in [0.15, 0.2) is 24.5 Å². The van der Waals surface area contributed by atoms with E-state index in [0.29, 0.717) is 31.6 Å². The summed E-state index contributed by atoms with van der Waals surface area (Å²) in [5.41, 5.74) is 0.901. The van der Waals surface area contributed by atoms with Crippen LogP contribution in [0.4, 0.5) is 26.4 Å². The molecule has 0 amide bonds. The van der Waals surface area contributed by atoms with Crippen molar-refractivity contribution in [1.29, 1.82) is 5.26 Å². The molecular formula is C23H29FN6O4. The highest BCUT2D eigenvalue weighted by atomic mass is 19.1. The highest BCUT2D eigenvalue weighted by Crippen LogP contribution is 2.28. The maximum Gasteiger partial charge on any atom is 0.528 e. The molecule has 0 radical (unpaired) electrons. The molecule has 2 heterocycles. The van der Waals surface area contributed by atoms with Crippen LogP contribution >= 0.6 is 0 Å². The molecule has 1 aromatic heterocycles. The lowest BCUT2D eigenvalue weighted by atomic mass is 10.1. The Balaban J connectivity index is 1.63. The van der Waals surface area contributed by atoms with E-state index in [0.717, 1.165) is 0 Å². The lowest BCUT2D eigenvalue weighted by Crippen LogP contribution is -2.40. The van der Waals surface area contributed by atoms with Gasteiger partial charge in [0.15, 0.2) is 11.4 Å². The number of aromatic nitrogens is 2. The van der Waals surface area contributed by atoms with Gasteiger partial charge in [0.25, 0.3) is 0 Å². The van der Waals surface area contributed by atoms with Crippen molar-refractivity contribution in [1.82, 2.24) is 15.0 Å². The fraction of sp³-hybridized carbons (Fsp3) is 0.478. The first-order valence-corrected chi connectivity index (χ1v) is 11.1. The van der Waals surface area contributed by atoms with Crippen LogP contribution in [0.5, 0.6) is 5.88 Å². The Morgan fingerprint density at radius 1 is 1.24 bits per heavy atom. The van der Waals surface area contributed by atoms with Gasteiger partial charge < -0.3 is 24.9 Å². The number of ether oxygens (including phenoxy) is 2. The van der Waals surface area contributed by atoms with E-state index in [1.807, 2.05) is 19.9 Å². The Morgan fingerprint density at radius 2 is 1.97 bits per heavy atom. The number of anilines is 3. The number of hydrogen-bond donors (Lipinski definition) is 2. The van der Waals surface area contributed by atoms with Crippen LogP contribution in [0.25, 0.3) is 0 Å². The zero-order valence-corrected chi connectivity index (χ0v) is 19.7. The van der Waals surface area contributed by atoms with E-state index in [1.165, 1.54) is 17.5 Å². The molecule has 3 rings (SSSR count). The summed E-state index contributed by atoms with van der Waals surface area (Å²) >= 11 is 0. The first-order valence-electron chi connectivity index (χ1n) is 11.1. The number of hydroxylamine groups is 2. The van der Waals surface area contributed by atoms with Crippen LogP contribution in [0.1, 0.15) is 46.1 Å². The minimum absolute atomic E-state index is 0.0745. The van der Waals surface area contributed by atoms with Crippen molar-refractivity contribution >= 4 is 23.3 Å². The second kappa shape index (κ2) is 11.5. The van der Waals surface area contributed by atoms with Crippen LogP contribution in [-0.4, -0.2) is 52.5 Å². The average molecular weight is 473 g/mol. The molecule has 1 aliphatic heterocycles. The summed E-state index contributed by atoms with van der Waals surface area (Å²) in [7, 11) is 0. The van der Waals surface area contributed by atoms with E-state index in [9.17, 15) is 14.4 Å². The molecule has 0 saturated carbocycles. The molecule has 10 nitrogen and oxygen atoms in total. The van der Waals surface area contributed by atoms with Crippen molar-refractivity contribution < 1.29 is 23.5 Å². The van der Waals surface area contributed by atoms with Crippen LogP contribution in [-0.2, 0) is 9.57 Å². The molecule has 0 bridgehead atoms. The van der Waals surface area contributed by atoms with Crippen LogP contribution in [0.2, 0.25) is 0 Å². The van der Waals surface area contributed by atoms with E-state index in [2.05, 4.69) is 20.6 Å². The molecule has 1 fully saturated rings. The van der Waals surface area contributed by atoms with Gasteiger partial charge in [-0.3, -0.25) is 0 Å². The third kappa shape index (κ3) is 6.92. The van der Waals surface area contributed by atoms with Crippen molar-refractivity contribution in [2.24, 2.45) is 0 Å². The number of carbonyl (C=O) groups is 1. The molecule has 1 aromatic carbocycles. The number of nitriles is 1. The Bertz CT molecular complexity index is 1030. The molecular weight excluding hydrogens is 443 g/mol. The predicted molar refractivity (Wildman–Crippen MR) is 123 cm³/mol. The van der Waals surface area contributed by atoms with Gasteiger partial charge in [0, 0.05) is 37.7 Å². The Hall–Kier alpha value is -3.65. The van der Waals surface area contributed by atoms with Crippen LogP contribution < -0.4 is 15.4 Å². The summed E-state index contributed by atoms with van der Waals surface area (Å²) in [5.74, 6) is -0.232. The number of nitrogens with zero attached hydrogens (tertiary/aromatic N) is 4. The average Bonchev–Trinajstić information content (AvgIpc) is 2.76. The number of benzene rings is 1. The molecule has 0 atom stereocenters. The lowest BCUT2D eigenvalue weighted by molar-refractivity contribution is -0.151. The summed E-state index contributed by atoms with van der Waals surface area (Å²) in [4.78, 5) is 25.0. The summed E-state index contributed by atoms with van der Waals surface area (Å²) in [6.07, 6.45) is 1.10. The van der Waals surface area contributed by atoms with E-state index in [1.54, 1.807) is 26.0 Å². The Kier molecular flexibility index (Phi) is 8.43. The SMILES string of the molecule is CC(C)Nc1ccc(Nc2ncnc(OC3CCN(OC(=O)OC(C)C)CC3)c2C#N)c(F)c1. The number of halogens is 1. The Labute approximate surface area is 198 Å². The van der Waals surface area contributed by atoms with Crippen LogP contribution in [0.3, 0.4) is 0 Å². The second-order valence-electron chi connectivity index (χ2n) is 8.39. The number of carbonyl (C=O) groups excluding carboxylic acids is 1. The summed E-state index contributed by atoms with van der Waals surface area (Å²) in [6, 6.07) is 6.89. The van der Waals surface area contributed by atoms with Crippen molar-refractivity contribution in [3.05, 3.63) is 35.9 Å². The van der Waals surface area contributed by atoms with Crippen LogP contribution in [0, 0.1) is 17.1 Å². The standard InChI is InChI=1S/C23H29FN6O4/c1-14(2)28-16-5-6-20(19(24)11-16)29-21-18(12-25)22(27-13-26-21)33-17-7-9-30(10-8-17)34-23(31)32-15(3)4/h5-6,11,13-15,17,28H,7-10H2,1-4H3,(H,26,27,29). The van der Waals surface area contributed by atoms with E-state index in [4.69, 9.17) is 14.3 Å². The lowest BCUT2D eigenvalue weighted by Gasteiger charge is -2.30. The van der Waals surface area contributed by atoms with E-state index < -0.39 is 12.0 Å². The molecule has 0 unspecified atom stereocenters. The zero-order chi connectivity index (χ0) is 24.7. The molecule has 1 saturated heterocycles. The minimum atomic E-state index is -0.743. The largest absolute Gasteiger partial charge is 0.528 e. The van der Waals surface area contributed by atoms with Gasteiger partial charge in [-0.2, -0.15) is 5.26 Å². The van der Waals surface area contributed by atoms with Gasteiger partial charge in [-0.1, -0.05) is 0 Å². The van der Waals surface area contributed by atoms with Gasteiger partial charge in [0.05, 0.1) is 11.8 Å². The maximum atomic E-state index is 14.6. The highest BCUT2D eigenvalue weighted by Gasteiger charge is 2.26. The van der Waals surface area contributed by atoms with Crippen molar-refractivity contribution in [2.75, 3.05) is 23.7 Å². The fourth-order valence-electron chi connectivity index (χ4n) is 3.34. The van der Waals surface area contributed by atoms with Crippen molar-refractivity contribution in [2.45, 2.75) is 58.8 Å². The third-order valence-electron chi connectivity index (χ3n) is 4.82. The maximum absolute atomic E-state index is 14.6. The molecule has 1 aliphatic rings. The second-order valence-corrected chi connectivity index (χ2v) is 8.39. The number of hydrogen-bond acceptors (Lipinski definition) is 10. The first-order chi connectivity index (χ1) is 16.2. The molecule has 0 spiro atoms. The Morgan fingerprint density at radius 3 is 2.59 bits per heavy atom. The number of piperidine rings is 1. The monoisotopic (exact) mass is 472 g/mol. The quantitative estimate of drug-likeness (QED) is 0.536. The van der Waals surface area contributed by atoms with E-state index in [-0.39, 0.29) is 41.2 Å². The summed E-state index contributed by atoms with van der Waals surface area (Å²) < 4.78 is 25.5. The van der Waals surface area contributed by atoms with Gasteiger partial charge in [-0.05, 0) is 45.9 Å². The first kappa shape index (κ1) is 25.0. The van der Waals surface area contributed by atoms with E-state index >= 15 is 0 Å². The van der Waals surface area contributed by atoms with Crippen molar-refractivity contribution in [3.8, 4) is 11.9 Å². The summed E-state index contributed by atoms with van der Waals surface area (Å²) in [6.45, 7) is 8.29. The van der Waals surface area contributed by atoms with Gasteiger partial charge >= 0.3 is 6.16 Å². The van der Waals surface area contributed by atoms with Gasteiger partial charge in [0.2, 0.25) is 5.88 Å². The molecule has 182 valence electrons. The normalized spacial score (nSPS) is 14.5. The number of rotatable bonds is 8. The molecule has 2 aromatic rings. The summed E-state index contributed by atoms with van der Waals surface area (Å²) in [5, 5.41) is 17.2. The molecule has 11 heteroatoms.